The highest BCUT2D eigenvalue weighted by Crippen LogP contribution is 2.49. The molecule has 1 saturated carbocycles. The van der Waals surface area contributed by atoms with Crippen LogP contribution in [0.15, 0.2) is 0 Å². The van der Waals surface area contributed by atoms with E-state index in [2.05, 4.69) is 12.6 Å². The molecule has 4 heteroatoms. The van der Waals surface area contributed by atoms with E-state index in [9.17, 15) is 4.79 Å². The highest BCUT2D eigenvalue weighted by Gasteiger charge is 2.43. The third-order valence-electron chi connectivity index (χ3n) is 3.52. The largest absolute Gasteiger partial charge is 0.463 e. The standard InChI is InChI=1S/C12H20O3S/c13-11(7-12(9-16)4-5-12)15-8-10-3-1-2-6-14-10/h10,16H,1-9H2. The van der Waals surface area contributed by atoms with E-state index < -0.39 is 0 Å². The van der Waals surface area contributed by atoms with Gasteiger partial charge in [0, 0.05) is 6.61 Å². The van der Waals surface area contributed by atoms with Gasteiger partial charge in [0.25, 0.3) is 0 Å². The normalized spacial score (nSPS) is 27.4. The Morgan fingerprint density at radius 3 is 2.81 bits per heavy atom. The summed E-state index contributed by atoms with van der Waals surface area (Å²) >= 11 is 4.28. The zero-order chi connectivity index (χ0) is 11.4. The number of rotatable bonds is 5. The molecule has 0 spiro atoms. The lowest BCUT2D eigenvalue weighted by atomic mass is 10.1. The number of hydrogen-bond acceptors (Lipinski definition) is 4. The van der Waals surface area contributed by atoms with Crippen LogP contribution in [0, 0.1) is 5.41 Å². The van der Waals surface area contributed by atoms with Gasteiger partial charge >= 0.3 is 5.97 Å². The molecule has 1 saturated heterocycles. The summed E-state index contributed by atoms with van der Waals surface area (Å²) in [5.74, 6) is 0.711. The van der Waals surface area contributed by atoms with E-state index in [0.29, 0.717) is 13.0 Å². The molecule has 1 unspecified atom stereocenters. The first kappa shape index (κ1) is 12.2. The van der Waals surface area contributed by atoms with Gasteiger partial charge in [-0.3, -0.25) is 4.79 Å². The molecule has 0 bridgehead atoms. The van der Waals surface area contributed by atoms with Crippen molar-refractivity contribution in [2.45, 2.75) is 44.6 Å². The van der Waals surface area contributed by atoms with Crippen molar-refractivity contribution in [2.75, 3.05) is 19.0 Å². The van der Waals surface area contributed by atoms with Crippen molar-refractivity contribution in [1.29, 1.82) is 0 Å². The van der Waals surface area contributed by atoms with E-state index in [1.807, 2.05) is 0 Å². The molecular weight excluding hydrogens is 224 g/mol. The summed E-state index contributed by atoms with van der Waals surface area (Å²) in [5, 5.41) is 0. The molecular formula is C12H20O3S. The lowest BCUT2D eigenvalue weighted by molar-refractivity contribution is -0.150. The van der Waals surface area contributed by atoms with Gasteiger partial charge in [0.2, 0.25) is 0 Å². The van der Waals surface area contributed by atoms with Crippen LogP contribution in [0.5, 0.6) is 0 Å². The number of carbonyl (C=O) groups is 1. The molecule has 0 N–H and O–H groups in total. The quantitative estimate of drug-likeness (QED) is 0.595. The molecule has 0 radical (unpaired) electrons. The fourth-order valence-electron chi connectivity index (χ4n) is 2.05. The highest BCUT2D eigenvalue weighted by molar-refractivity contribution is 7.80. The molecule has 2 fully saturated rings. The van der Waals surface area contributed by atoms with Gasteiger partial charge in [-0.15, -0.1) is 0 Å². The predicted molar refractivity (Wildman–Crippen MR) is 64.7 cm³/mol. The minimum Gasteiger partial charge on any atom is -0.463 e. The van der Waals surface area contributed by atoms with Crippen molar-refractivity contribution < 1.29 is 14.3 Å². The summed E-state index contributed by atoms with van der Waals surface area (Å²) in [4.78, 5) is 11.6. The van der Waals surface area contributed by atoms with Crippen molar-refractivity contribution in [3.8, 4) is 0 Å². The van der Waals surface area contributed by atoms with Gasteiger partial charge in [-0.25, -0.2) is 0 Å². The number of esters is 1. The first-order valence-electron chi connectivity index (χ1n) is 6.12. The van der Waals surface area contributed by atoms with Crippen LogP contribution >= 0.6 is 12.6 Å². The Hall–Kier alpha value is -0.220. The van der Waals surface area contributed by atoms with Crippen molar-refractivity contribution >= 4 is 18.6 Å². The van der Waals surface area contributed by atoms with Crippen molar-refractivity contribution in [1.82, 2.24) is 0 Å². The van der Waals surface area contributed by atoms with E-state index >= 15 is 0 Å². The Morgan fingerprint density at radius 2 is 2.25 bits per heavy atom. The van der Waals surface area contributed by atoms with Crippen molar-refractivity contribution in [3.05, 3.63) is 0 Å². The van der Waals surface area contributed by atoms with Crippen LogP contribution in [-0.4, -0.2) is 31.0 Å². The van der Waals surface area contributed by atoms with Crippen LogP contribution < -0.4 is 0 Å². The molecule has 16 heavy (non-hydrogen) atoms. The van der Waals surface area contributed by atoms with Gasteiger partial charge in [-0.2, -0.15) is 12.6 Å². The summed E-state index contributed by atoms with van der Waals surface area (Å²) < 4.78 is 10.8. The second kappa shape index (κ2) is 5.41. The van der Waals surface area contributed by atoms with Crippen molar-refractivity contribution in [2.24, 2.45) is 5.41 Å². The van der Waals surface area contributed by atoms with E-state index in [4.69, 9.17) is 9.47 Å². The van der Waals surface area contributed by atoms with Gasteiger partial charge in [0.05, 0.1) is 12.5 Å². The summed E-state index contributed by atoms with van der Waals surface area (Å²) in [5.41, 5.74) is 0.160. The van der Waals surface area contributed by atoms with Gasteiger partial charge in [0.15, 0.2) is 0 Å². The molecule has 1 aliphatic carbocycles. The van der Waals surface area contributed by atoms with Crippen LogP contribution in [0.3, 0.4) is 0 Å². The van der Waals surface area contributed by atoms with Crippen LogP contribution in [0.4, 0.5) is 0 Å². The predicted octanol–water partition coefficient (Wildman–Crippen LogP) is 2.20. The first-order chi connectivity index (χ1) is 7.74. The summed E-state index contributed by atoms with van der Waals surface area (Å²) in [6, 6.07) is 0. The van der Waals surface area contributed by atoms with Crippen LogP contribution in [0.2, 0.25) is 0 Å². The molecule has 92 valence electrons. The molecule has 1 atom stereocenters. The smallest absolute Gasteiger partial charge is 0.306 e. The molecule has 0 aromatic carbocycles. The SMILES string of the molecule is O=C(CC1(CS)CC1)OCC1CCCCO1. The monoisotopic (exact) mass is 244 g/mol. The maximum absolute atomic E-state index is 11.6. The Balaban J connectivity index is 1.63. The van der Waals surface area contributed by atoms with E-state index in [0.717, 1.165) is 38.0 Å². The second-order valence-corrected chi connectivity index (χ2v) is 5.32. The molecule has 3 nitrogen and oxygen atoms in total. The van der Waals surface area contributed by atoms with Crippen LogP contribution in [0.1, 0.15) is 38.5 Å². The third-order valence-corrected chi connectivity index (χ3v) is 4.19. The third kappa shape index (κ3) is 3.39. The van der Waals surface area contributed by atoms with Crippen LogP contribution in [0.25, 0.3) is 0 Å². The Kier molecular flexibility index (Phi) is 4.14. The molecule has 0 aromatic heterocycles. The van der Waals surface area contributed by atoms with Gasteiger partial charge < -0.3 is 9.47 Å². The number of ether oxygens (including phenoxy) is 2. The van der Waals surface area contributed by atoms with Crippen molar-refractivity contribution in [3.63, 3.8) is 0 Å². The Morgan fingerprint density at radius 1 is 1.44 bits per heavy atom. The molecule has 2 rings (SSSR count). The Labute approximate surface area is 102 Å². The van der Waals surface area contributed by atoms with Crippen LogP contribution in [-0.2, 0) is 14.3 Å². The summed E-state index contributed by atoms with van der Waals surface area (Å²) in [6.07, 6.45) is 6.23. The lowest BCUT2D eigenvalue weighted by Gasteiger charge is -2.22. The van der Waals surface area contributed by atoms with E-state index in [1.54, 1.807) is 0 Å². The first-order valence-corrected chi connectivity index (χ1v) is 6.75. The molecule has 2 aliphatic rings. The zero-order valence-electron chi connectivity index (χ0n) is 9.61. The summed E-state index contributed by atoms with van der Waals surface area (Å²) in [6.45, 7) is 1.24. The Bertz CT molecular complexity index is 245. The number of thiol groups is 1. The highest BCUT2D eigenvalue weighted by atomic mass is 32.1. The minimum atomic E-state index is -0.0827. The second-order valence-electron chi connectivity index (χ2n) is 5.01. The molecule has 0 aromatic rings. The van der Waals surface area contributed by atoms with E-state index in [1.165, 1.54) is 6.42 Å². The van der Waals surface area contributed by atoms with Gasteiger partial charge in [-0.05, 0) is 43.3 Å². The average Bonchev–Trinajstić information content (AvgIpc) is 3.08. The number of carbonyl (C=O) groups excluding carboxylic acids is 1. The zero-order valence-corrected chi connectivity index (χ0v) is 10.5. The topological polar surface area (TPSA) is 35.5 Å². The molecule has 1 aliphatic heterocycles. The average molecular weight is 244 g/mol. The maximum Gasteiger partial charge on any atom is 0.306 e. The summed E-state index contributed by atoms with van der Waals surface area (Å²) in [7, 11) is 0. The minimum absolute atomic E-state index is 0.0827. The number of hydrogen-bond donors (Lipinski definition) is 1. The van der Waals surface area contributed by atoms with Gasteiger partial charge in [-0.1, -0.05) is 0 Å². The molecule has 0 amide bonds. The van der Waals surface area contributed by atoms with Gasteiger partial charge in [0.1, 0.15) is 6.61 Å². The fraction of sp³-hybridized carbons (Fsp3) is 0.917. The maximum atomic E-state index is 11.6. The fourth-order valence-corrected chi connectivity index (χ4v) is 2.48. The van der Waals surface area contributed by atoms with E-state index in [-0.39, 0.29) is 17.5 Å². The molecule has 1 heterocycles. The lowest BCUT2D eigenvalue weighted by Crippen LogP contribution is -2.26.